The van der Waals surface area contributed by atoms with E-state index < -0.39 is 0 Å². The van der Waals surface area contributed by atoms with E-state index in [9.17, 15) is 0 Å². The molecule has 0 radical (unpaired) electrons. The molecule has 1 N–H and O–H groups in total. The zero-order valence-corrected chi connectivity index (χ0v) is 8.39. The van der Waals surface area contributed by atoms with Crippen LogP contribution in [0, 0.1) is 0 Å². The van der Waals surface area contributed by atoms with Crippen molar-refractivity contribution in [2.75, 3.05) is 7.05 Å². The van der Waals surface area contributed by atoms with E-state index in [1.807, 2.05) is 27.1 Å². The molecule has 12 heavy (non-hydrogen) atoms. The first-order chi connectivity index (χ1) is 5.70. The topological polar surface area (TPSA) is 36.8 Å². The van der Waals surface area contributed by atoms with E-state index in [2.05, 4.69) is 27.5 Å². The van der Waals surface area contributed by atoms with Crippen LogP contribution in [0.25, 0.3) is 0 Å². The van der Waals surface area contributed by atoms with Crippen LogP contribution in [0.2, 0.25) is 0 Å². The van der Waals surface area contributed by atoms with Gasteiger partial charge in [-0.25, -0.2) is 4.40 Å². The first-order valence-corrected chi connectivity index (χ1v) is 4.21. The Kier molecular flexibility index (Phi) is 3.05. The van der Waals surface area contributed by atoms with E-state index in [1.54, 1.807) is 0 Å². The van der Waals surface area contributed by atoms with Crippen molar-refractivity contribution in [1.29, 1.82) is 0 Å². The Morgan fingerprint density at radius 1 is 1.58 bits per heavy atom. The van der Waals surface area contributed by atoms with Crippen LogP contribution in [0.1, 0.15) is 13.8 Å². The van der Waals surface area contributed by atoms with E-state index in [4.69, 9.17) is 0 Å². The van der Waals surface area contributed by atoms with Gasteiger partial charge in [0.15, 0.2) is 0 Å². The third-order valence-corrected chi connectivity index (χ3v) is 2.17. The monoisotopic (exact) mass is 183 g/mol. The average Bonchev–Trinajstić information content (AvgIpc) is 2.08. The standard InChI is InChI=1S/C8H13N3S/c1-5-4-10-6(2)8(11-12)7(5)9-3/h4,7,9,12H,1-3H3. The van der Waals surface area contributed by atoms with E-state index in [0.717, 1.165) is 17.0 Å². The predicted molar refractivity (Wildman–Crippen MR) is 56.1 cm³/mol. The molecule has 0 saturated carbocycles. The van der Waals surface area contributed by atoms with Crippen LogP contribution in [-0.4, -0.2) is 24.5 Å². The van der Waals surface area contributed by atoms with Gasteiger partial charge in [-0.1, -0.05) is 0 Å². The van der Waals surface area contributed by atoms with Crippen LogP contribution >= 0.6 is 12.8 Å². The molecule has 1 rings (SSSR count). The van der Waals surface area contributed by atoms with Gasteiger partial charge in [0.1, 0.15) is 0 Å². The van der Waals surface area contributed by atoms with Gasteiger partial charge in [0.05, 0.1) is 17.5 Å². The zero-order chi connectivity index (χ0) is 9.14. The molecule has 0 saturated heterocycles. The Morgan fingerprint density at radius 2 is 2.25 bits per heavy atom. The van der Waals surface area contributed by atoms with E-state index in [1.165, 1.54) is 0 Å². The van der Waals surface area contributed by atoms with Crippen molar-refractivity contribution in [3.05, 3.63) is 11.8 Å². The molecule has 0 amide bonds. The number of hydrogen-bond donors (Lipinski definition) is 2. The second-order valence-corrected chi connectivity index (χ2v) is 2.99. The maximum absolute atomic E-state index is 4.20. The molecule has 0 aliphatic carbocycles. The molecule has 1 heterocycles. The Hall–Kier alpha value is -0.610. The third kappa shape index (κ3) is 1.59. The van der Waals surface area contributed by atoms with Gasteiger partial charge >= 0.3 is 0 Å². The SMILES string of the molecule is CNC1C(C)=CN=C(C)C1=NS. The zero-order valence-electron chi connectivity index (χ0n) is 7.50. The maximum atomic E-state index is 4.20. The fraction of sp³-hybridized carbons (Fsp3) is 0.500. The minimum Gasteiger partial charge on any atom is -0.308 e. The lowest BCUT2D eigenvalue weighted by Gasteiger charge is -2.21. The Morgan fingerprint density at radius 3 is 2.67 bits per heavy atom. The number of nitrogens with zero attached hydrogens (tertiary/aromatic N) is 2. The molecule has 4 heteroatoms. The summed E-state index contributed by atoms with van der Waals surface area (Å²) in [6.07, 6.45) is 1.86. The van der Waals surface area contributed by atoms with E-state index in [-0.39, 0.29) is 6.04 Å². The summed E-state index contributed by atoms with van der Waals surface area (Å²) in [5, 5.41) is 3.16. The third-order valence-electron chi connectivity index (χ3n) is 1.96. The van der Waals surface area contributed by atoms with Crippen LogP contribution in [0.5, 0.6) is 0 Å². The van der Waals surface area contributed by atoms with Gasteiger partial charge in [0, 0.05) is 6.20 Å². The van der Waals surface area contributed by atoms with Crippen molar-refractivity contribution in [3.63, 3.8) is 0 Å². The summed E-state index contributed by atoms with van der Waals surface area (Å²) < 4.78 is 3.91. The van der Waals surface area contributed by atoms with Gasteiger partial charge in [0.25, 0.3) is 0 Å². The maximum Gasteiger partial charge on any atom is 0.0907 e. The number of thiol groups is 1. The Labute approximate surface area is 78.2 Å². The van der Waals surface area contributed by atoms with E-state index in [0.29, 0.717) is 0 Å². The summed E-state index contributed by atoms with van der Waals surface area (Å²) in [4.78, 5) is 4.20. The number of rotatable bonds is 1. The molecule has 1 atom stereocenters. The molecular weight excluding hydrogens is 170 g/mol. The Balaban J connectivity index is 3.02. The molecular formula is C8H13N3S. The van der Waals surface area contributed by atoms with Crippen LogP contribution in [0.3, 0.4) is 0 Å². The van der Waals surface area contributed by atoms with E-state index >= 15 is 0 Å². The van der Waals surface area contributed by atoms with Crippen molar-refractivity contribution in [2.45, 2.75) is 19.9 Å². The summed E-state index contributed by atoms with van der Waals surface area (Å²) >= 11 is 3.92. The summed E-state index contributed by atoms with van der Waals surface area (Å²) in [5.74, 6) is 0. The molecule has 66 valence electrons. The van der Waals surface area contributed by atoms with Crippen molar-refractivity contribution in [2.24, 2.45) is 9.39 Å². The number of nitrogens with one attached hydrogen (secondary N) is 1. The van der Waals surface area contributed by atoms with Crippen molar-refractivity contribution in [3.8, 4) is 0 Å². The van der Waals surface area contributed by atoms with Gasteiger partial charge in [-0.2, -0.15) is 0 Å². The van der Waals surface area contributed by atoms with Crippen LogP contribution < -0.4 is 5.32 Å². The summed E-state index contributed by atoms with van der Waals surface area (Å²) in [6.45, 7) is 3.96. The molecule has 0 fully saturated rings. The number of aliphatic imine (C=N–C) groups is 1. The van der Waals surface area contributed by atoms with Crippen molar-refractivity contribution >= 4 is 24.2 Å². The lowest BCUT2D eigenvalue weighted by Crippen LogP contribution is -2.40. The highest BCUT2D eigenvalue weighted by molar-refractivity contribution is 7.79. The van der Waals surface area contributed by atoms with Crippen LogP contribution in [0.15, 0.2) is 21.2 Å². The molecule has 0 spiro atoms. The fourth-order valence-corrected chi connectivity index (χ4v) is 1.52. The molecule has 1 aliphatic rings. The number of likely N-dealkylation sites (N-methyl/N-ethyl adjacent to an activating group) is 1. The van der Waals surface area contributed by atoms with Gasteiger partial charge in [0.2, 0.25) is 0 Å². The normalized spacial score (nSPS) is 27.0. The van der Waals surface area contributed by atoms with Gasteiger partial charge in [-0.3, -0.25) is 4.99 Å². The van der Waals surface area contributed by atoms with Gasteiger partial charge < -0.3 is 5.32 Å². The lowest BCUT2D eigenvalue weighted by molar-refractivity contribution is 0.783. The molecule has 0 aromatic carbocycles. The quantitative estimate of drug-likeness (QED) is 0.590. The average molecular weight is 183 g/mol. The minimum atomic E-state index is 0.167. The highest BCUT2D eigenvalue weighted by Gasteiger charge is 2.20. The lowest BCUT2D eigenvalue weighted by atomic mass is 9.99. The van der Waals surface area contributed by atoms with Gasteiger partial charge in [-0.15, -0.1) is 0 Å². The highest BCUT2D eigenvalue weighted by atomic mass is 32.1. The predicted octanol–water partition coefficient (Wildman–Crippen LogP) is 1.24. The fourth-order valence-electron chi connectivity index (χ4n) is 1.26. The minimum absolute atomic E-state index is 0.167. The molecule has 1 unspecified atom stereocenters. The smallest absolute Gasteiger partial charge is 0.0907 e. The molecule has 1 aliphatic heterocycles. The van der Waals surface area contributed by atoms with Crippen LogP contribution in [0.4, 0.5) is 0 Å². The largest absolute Gasteiger partial charge is 0.308 e. The highest BCUT2D eigenvalue weighted by Crippen LogP contribution is 2.11. The summed E-state index contributed by atoms with van der Waals surface area (Å²) in [7, 11) is 1.90. The van der Waals surface area contributed by atoms with Crippen LogP contribution in [-0.2, 0) is 0 Å². The molecule has 0 aromatic heterocycles. The first kappa shape index (κ1) is 9.48. The summed E-state index contributed by atoms with van der Waals surface area (Å²) in [6, 6.07) is 0.167. The molecule has 0 aromatic rings. The van der Waals surface area contributed by atoms with Crippen molar-refractivity contribution in [1.82, 2.24) is 5.32 Å². The second kappa shape index (κ2) is 3.87. The summed E-state index contributed by atoms with van der Waals surface area (Å²) in [5.41, 5.74) is 2.99. The second-order valence-electron chi connectivity index (χ2n) is 2.79. The Bertz CT molecular complexity index is 265. The number of hydrogen-bond acceptors (Lipinski definition) is 4. The first-order valence-electron chi connectivity index (χ1n) is 3.81. The molecule has 3 nitrogen and oxygen atoms in total. The molecule has 0 bridgehead atoms. The van der Waals surface area contributed by atoms with Gasteiger partial charge in [-0.05, 0) is 39.3 Å². The van der Waals surface area contributed by atoms with Crippen molar-refractivity contribution < 1.29 is 0 Å².